The summed E-state index contributed by atoms with van der Waals surface area (Å²) in [6.07, 6.45) is 3.41. The van der Waals surface area contributed by atoms with Gasteiger partial charge < -0.3 is 9.64 Å². The first-order valence-corrected chi connectivity index (χ1v) is 5.54. The third-order valence-corrected chi connectivity index (χ3v) is 3.52. The molecule has 1 spiro atoms. The zero-order chi connectivity index (χ0) is 10.2. The first-order valence-electron chi connectivity index (χ1n) is 5.54. The van der Waals surface area contributed by atoms with Crippen molar-refractivity contribution in [1.29, 1.82) is 0 Å². The van der Waals surface area contributed by atoms with Crippen LogP contribution in [-0.4, -0.2) is 42.5 Å². The maximum atomic E-state index is 11.6. The van der Waals surface area contributed by atoms with Crippen LogP contribution in [0.25, 0.3) is 0 Å². The van der Waals surface area contributed by atoms with Gasteiger partial charge in [0, 0.05) is 19.5 Å². The number of carbonyl (C=O) groups is 1. The molecule has 2 heterocycles. The van der Waals surface area contributed by atoms with Crippen molar-refractivity contribution in [3.05, 3.63) is 0 Å². The second-order valence-corrected chi connectivity index (χ2v) is 4.64. The molecule has 3 heteroatoms. The Labute approximate surface area is 85.4 Å². The van der Waals surface area contributed by atoms with Gasteiger partial charge in [0.2, 0.25) is 0 Å². The van der Waals surface area contributed by atoms with Crippen LogP contribution in [0.1, 0.15) is 32.6 Å². The number of ketones is 1. The highest BCUT2D eigenvalue weighted by Crippen LogP contribution is 2.37. The van der Waals surface area contributed by atoms with Crippen molar-refractivity contribution < 1.29 is 9.53 Å². The molecule has 2 aliphatic heterocycles. The predicted molar refractivity (Wildman–Crippen MR) is 54.3 cm³/mol. The fourth-order valence-corrected chi connectivity index (χ4v) is 2.47. The second kappa shape index (κ2) is 3.63. The van der Waals surface area contributed by atoms with Gasteiger partial charge in [-0.3, -0.25) is 4.79 Å². The number of hydrogen-bond acceptors (Lipinski definition) is 3. The van der Waals surface area contributed by atoms with Crippen LogP contribution in [0.5, 0.6) is 0 Å². The summed E-state index contributed by atoms with van der Waals surface area (Å²) >= 11 is 0. The van der Waals surface area contributed by atoms with Crippen LogP contribution in [0.15, 0.2) is 0 Å². The van der Waals surface area contributed by atoms with E-state index in [1.165, 1.54) is 0 Å². The minimum Gasteiger partial charge on any atom is -0.363 e. The van der Waals surface area contributed by atoms with Crippen molar-refractivity contribution >= 4 is 5.78 Å². The highest BCUT2D eigenvalue weighted by molar-refractivity contribution is 5.86. The molecule has 0 saturated carbocycles. The summed E-state index contributed by atoms with van der Waals surface area (Å²) in [6.45, 7) is 4.14. The Bertz CT molecular complexity index is 231. The van der Waals surface area contributed by atoms with Crippen LogP contribution < -0.4 is 0 Å². The Hall–Kier alpha value is -0.410. The number of carbonyl (C=O) groups excluding carboxylic acids is 1. The van der Waals surface area contributed by atoms with Crippen molar-refractivity contribution in [2.24, 2.45) is 0 Å². The molecule has 3 nitrogen and oxygen atoms in total. The quantitative estimate of drug-likeness (QED) is 0.633. The monoisotopic (exact) mass is 197 g/mol. The molecule has 0 aromatic heterocycles. The van der Waals surface area contributed by atoms with Crippen molar-refractivity contribution in [3.8, 4) is 0 Å². The number of Topliss-reactive ketones (excluding diaryl/α,β-unsaturated/α-hetero) is 1. The fourth-order valence-electron chi connectivity index (χ4n) is 2.47. The van der Waals surface area contributed by atoms with Crippen molar-refractivity contribution in [2.75, 3.05) is 20.1 Å². The maximum absolute atomic E-state index is 11.6. The molecule has 80 valence electrons. The van der Waals surface area contributed by atoms with E-state index in [-0.39, 0.29) is 11.7 Å². The van der Waals surface area contributed by atoms with Gasteiger partial charge in [0.05, 0.1) is 5.60 Å². The number of rotatable bonds is 1. The largest absolute Gasteiger partial charge is 0.363 e. The molecule has 1 unspecified atom stereocenters. The van der Waals surface area contributed by atoms with Gasteiger partial charge in [-0.1, -0.05) is 6.92 Å². The van der Waals surface area contributed by atoms with Crippen LogP contribution in [0.4, 0.5) is 0 Å². The lowest BCUT2D eigenvalue weighted by molar-refractivity contribution is -0.124. The summed E-state index contributed by atoms with van der Waals surface area (Å²) in [5.41, 5.74) is -0.0930. The lowest BCUT2D eigenvalue weighted by atomic mass is 9.88. The molecule has 2 rings (SSSR count). The molecule has 0 N–H and O–H groups in total. The van der Waals surface area contributed by atoms with Gasteiger partial charge in [-0.15, -0.1) is 0 Å². The van der Waals surface area contributed by atoms with E-state index in [1.54, 1.807) is 0 Å². The van der Waals surface area contributed by atoms with E-state index < -0.39 is 0 Å². The molecular weight excluding hydrogens is 178 g/mol. The fraction of sp³-hybridized carbons (Fsp3) is 0.909. The third kappa shape index (κ3) is 1.71. The Kier molecular flexibility index (Phi) is 2.62. The number of piperidine rings is 1. The van der Waals surface area contributed by atoms with Gasteiger partial charge in [-0.2, -0.15) is 0 Å². The molecule has 0 aromatic rings. The third-order valence-electron chi connectivity index (χ3n) is 3.52. The average Bonchev–Trinajstić information content (AvgIpc) is 2.49. The van der Waals surface area contributed by atoms with Crippen LogP contribution in [0, 0.1) is 0 Å². The van der Waals surface area contributed by atoms with E-state index in [0.29, 0.717) is 12.2 Å². The van der Waals surface area contributed by atoms with Gasteiger partial charge in [-0.05, 0) is 26.3 Å². The van der Waals surface area contributed by atoms with Crippen LogP contribution in [0.3, 0.4) is 0 Å². The summed E-state index contributed by atoms with van der Waals surface area (Å²) in [5.74, 6) is 0.317. The molecule has 0 bridgehead atoms. The number of hydrogen-bond donors (Lipinski definition) is 0. The molecule has 14 heavy (non-hydrogen) atoms. The lowest BCUT2D eigenvalue weighted by Gasteiger charge is -2.36. The molecule has 2 saturated heterocycles. The van der Waals surface area contributed by atoms with E-state index in [2.05, 4.69) is 11.9 Å². The lowest BCUT2D eigenvalue weighted by Crippen LogP contribution is -2.42. The van der Waals surface area contributed by atoms with Crippen LogP contribution in [0.2, 0.25) is 0 Å². The summed E-state index contributed by atoms with van der Waals surface area (Å²) < 4.78 is 5.92. The van der Waals surface area contributed by atoms with Crippen LogP contribution in [-0.2, 0) is 9.53 Å². The van der Waals surface area contributed by atoms with Gasteiger partial charge in [0.1, 0.15) is 6.10 Å². The van der Waals surface area contributed by atoms with Gasteiger partial charge in [-0.25, -0.2) is 0 Å². The summed E-state index contributed by atoms with van der Waals surface area (Å²) in [7, 11) is 2.13. The molecule has 1 atom stereocenters. The number of likely N-dealkylation sites (tertiary alicyclic amines) is 1. The zero-order valence-corrected chi connectivity index (χ0v) is 9.08. The Balaban J connectivity index is 2.02. The van der Waals surface area contributed by atoms with E-state index in [4.69, 9.17) is 4.74 Å². The van der Waals surface area contributed by atoms with Crippen molar-refractivity contribution in [2.45, 2.75) is 44.3 Å². The SMILES string of the molecule is CCC1OC2(CCN(C)CC2)CC1=O. The van der Waals surface area contributed by atoms with Gasteiger partial charge >= 0.3 is 0 Å². The summed E-state index contributed by atoms with van der Waals surface area (Å²) in [4.78, 5) is 13.9. The van der Waals surface area contributed by atoms with Crippen LogP contribution >= 0.6 is 0 Å². The first kappa shape index (κ1) is 10.1. The van der Waals surface area contributed by atoms with E-state index in [0.717, 1.165) is 32.4 Å². The highest BCUT2D eigenvalue weighted by Gasteiger charge is 2.45. The minimum atomic E-state index is -0.113. The second-order valence-electron chi connectivity index (χ2n) is 4.64. The molecular formula is C11H19NO2. The minimum absolute atomic E-state index is 0.0930. The van der Waals surface area contributed by atoms with Gasteiger partial charge in [0.25, 0.3) is 0 Å². The standard InChI is InChI=1S/C11H19NO2/c1-3-10-9(13)8-11(14-10)4-6-12(2)7-5-11/h10H,3-8H2,1-2H3. The van der Waals surface area contributed by atoms with Crippen molar-refractivity contribution in [3.63, 3.8) is 0 Å². The topological polar surface area (TPSA) is 29.5 Å². The molecule has 0 aliphatic carbocycles. The van der Waals surface area contributed by atoms with E-state index >= 15 is 0 Å². The van der Waals surface area contributed by atoms with Crippen molar-refractivity contribution in [1.82, 2.24) is 4.90 Å². The van der Waals surface area contributed by atoms with E-state index in [1.807, 2.05) is 6.92 Å². The smallest absolute Gasteiger partial charge is 0.164 e. The average molecular weight is 197 g/mol. The van der Waals surface area contributed by atoms with E-state index in [9.17, 15) is 4.79 Å². The van der Waals surface area contributed by atoms with Gasteiger partial charge in [0.15, 0.2) is 5.78 Å². The normalized spacial score (nSPS) is 32.7. The first-order chi connectivity index (χ1) is 6.65. The maximum Gasteiger partial charge on any atom is 0.164 e. The molecule has 0 amide bonds. The Morgan fingerprint density at radius 1 is 1.50 bits per heavy atom. The highest BCUT2D eigenvalue weighted by atomic mass is 16.5. The zero-order valence-electron chi connectivity index (χ0n) is 9.08. The number of ether oxygens (including phenoxy) is 1. The number of nitrogens with zero attached hydrogens (tertiary/aromatic N) is 1. The molecule has 2 fully saturated rings. The molecule has 0 radical (unpaired) electrons. The summed E-state index contributed by atoms with van der Waals surface area (Å²) in [6, 6.07) is 0. The molecule has 2 aliphatic rings. The Morgan fingerprint density at radius 3 is 2.64 bits per heavy atom. The molecule has 0 aromatic carbocycles. The summed E-state index contributed by atoms with van der Waals surface area (Å²) in [5, 5.41) is 0. The predicted octanol–water partition coefficient (Wildman–Crippen LogP) is 1.22. The Morgan fingerprint density at radius 2 is 2.14 bits per heavy atom.